The number of alkyl halides is 3. The Kier molecular flexibility index (Phi) is 4.55. The lowest BCUT2D eigenvalue weighted by Crippen LogP contribution is -2.51. The second-order valence-electron chi connectivity index (χ2n) is 5.53. The number of H-pyrrole nitrogens is 1. The predicted octanol–water partition coefficient (Wildman–Crippen LogP) is 2.55. The summed E-state index contributed by atoms with van der Waals surface area (Å²) in [5, 5.41) is 0.967. The summed E-state index contributed by atoms with van der Waals surface area (Å²) in [6.45, 7) is 1.61. The first-order valence-electron chi connectivity index (χ1n) is 7.33. The highest BCUT2D eigenvalue weighted by molar-refractivity contribution is 7.80. The standard InChI is InChI=1S/C15H16F3N3O2S/c16-15(17,18)23-11-1-2-13-12(6-11)9(7-20-13)5-10-8-22-4-3-21(10)14(19)24/h1-2,6-7,10,20H,3-5,8H2,(H2,19,24)/t10-/m0/s1. The van der Waals surface area contributed by atoms with Gasteiger partial charge in [-0.2, -0.15) is 0 Å². The van der Waals surface area contributed by atoms with Crippen LogP contribution in [-0.4, -0.2) is 47.2 Å². The molecule has 1 aromatic carbocycles. The maximum atomic E-state index is 12.4. The molecular formula is C15H16F3N3O2S. The van der Waals surface area contributed by atoms with Gasteiger partial charge in [0.05, 0.1) is 19.3 Å². The minimum absolute atomic E-state index is 0.0533. The largest absolute Gasteiger partial charge is 0.573 e. The van der Waals surface area contributed by atoms with E-state index >= 15 is 0 Å². The van der Waals surface area contributed by atoms with Gasteiger partial charge in [0, 0.05) is 23.6 Å². The SMILES string of the molecule is NC(=S)N1CCOC[C@@H]1Cc1c[nH]c2ccc(OC(F)(F)F)cc12. The Hall–Kier alpha value is -2.00. The Morgan fingerprint density at radius 1 is 1.46 bits per heavy atom. The zero-order chi connectivity index (χ0) is 17.3. The highest BCUT2D eigenvalue weighted by Gasteiger charge is 2.31. The number of benzene rings is 1. The second kappa shape index (κ2) is 6.48. The molecule has 0 aliphatic carbocycles. The average molecular weight is 359 g/mol. The molecule has 1 aromatic heterocycles. The van der Waals surface area contributed by atoms with Gasteiger partial charge in [-0.25, -0.2) is 0 Å². The highest BCUT2D eigenvalue weighted by atomic mass is 32.1. The third-order valence-electron chi connectivity index (χ3n) is 3.94. The number of rotatable bonds is 3. The molecule has 2 aromatic rings. The van der Waals surface area contributed by atoms with E-state index in [1.807, 2.05) is 4.90 Å². The van der Waals surface area contributed by atoms with Crippen LogP contribution in [0.2, 0.25) is 0 Å². The molecule has 1 aliphatic heterocycles. The lowest BCUT2D eigenvalue weighted by Gasteiger charge is -2.36. The number of aromatic amines is 1. The van der Waals surface area contributed by atoms with Gasteiger partial charge in [0.25, 0.3) is 0 Å². The van der Waals surface area contributed by atoms with Crippen LogP contribution in [0, 0.1) is 0 Å². The zero-order valence-corrected chi connectivity index (χ0v) is 13.4. The van der Waals surface area contributed by atoms with E-state index in [1.54, 1.807) is 12.3 Å². The summed E-state index contributed by atoms with van der Waals surface area (Å²) in [4.78, 5) is 4.93. The van der Waals surface area contributed by atoms with Crippen LogP contribution in [0.4, 0.5) is 13.2 Å². The molecule has 2 heterocycles. The molecule has 1 fully saturated rings. The average Bonchev–Trinajstić information content (AvgIpc) is 2.88. The minimum Gasteiger partial charge on any atom is -0.406 e. The summed E-state index contributed by atoms with van der Waals surface area (Å²) in [6, 6.07) is 4.16. The van der Waals surface area contributed by atoms with Crippen molar-refractivity contribution in [3.05, 3.63) is 30.0 Å². The molecule has 24 heavy (non-hydrogen) atoms. The molecule has 0 radical (unpaired) electrons. The number of fused-ring (bicyclic) bond motifs is 1. The molecule has 3 N–H and O–H groups in total. The quantitative estimate of drug-likeness (QED) is 0.825. The van der Waals surface area contributed by atoms with Crippen LogP contribution in [0.15, 0.2) is 24.4 Å². The summed E-state index contributed by atoms with van der Waals surface area (Å²) in [5.41, 5.74) is 7.33. The van der Waals surface area contributed by atoms with E-state index in [0.717, 1.165) is 11.1 Å². The number of nitrogens with zero attached hydrogens (tertiary/aromatic N) is 1. The fraction of sp³-hybridized carbons (Fsp3) is 0.400. The van der Waals surface area contributed by atoms with Crippen molar-refractivity contribution in [1.82, 2.24) is 9.88 Å². The van der Waals surface area contributed by atoms with Gasteiger partial charge < -0.3 is 25.1 Å². The molecule has 1 atom stereocenters. The van der Waals surface area contributed by atoms with Gasteiger partial charge in [-0.15, -0.1) is 13.2 Å². The van der Waals surface area contributed by atoms with Crippen LogP contribution in [-0.2, 0) is 11.2 Å². The second-order valence-corrected chi connectivity index (χ2v) is 5.95. The van der Waals surface area contributed by atoms with Gasteiger partial charge in [0.1, 0.15) is 5.75 Å². The Morgan fingerprint density at radius 2 is 2.25 bits per heavy atom. The minimum atomic E-state index is -4.72. The predicted molar refractivity (Wildman–Crippen MR) is 86.8 cm³/mol. The number of aromatic nitrogens is 1. The van der Waals surface area contributed by atoms with Gasteiger partial charge in [-0.3, -0.25) is 0 Å². The highest BCUT2D eigenvalue weighted by Crippen LogP contribution is 2.29. The maximum Gasteiger partial charge on any atom is 0.573 e. The number of halogens is 3. The van der Waals surface area contributed by atoms with Crippen LogP contribution in [0.3, 0.4) is 0 Å². The number of ether oxygens (including phenoxy) is 2. The molecule has 9 heteroatoms. The normalized spacial score (nSPS) is 18.8. The van der Waals surface area contributed by atoms with Crippen molar-refractivity contribution in [3.63, 3.8) is 0 Å². The molecule has 0 saturated carbocycles. The summed E-state index contributed by atoms with van der Waals surface area (Å²) in [5.74, 6) is -0.248. The molecule has 0 unspecified atom stereocenters. The molecule has 3 rings (SSSR count). The van der Waals surface area contributed by atoms with Crippen LogP contribution in [0.1, 0.15) is 5.56 Å². The van der Waals surface area contributed by atoms with Crippen LogP contribution in [0.5, 0.6) is 5.75 Å². The van der Waals surface area contributed by atoms with Crippen molar-refractivity contribution in [2.45, 2.75) is 18.8 Å². The van der Waals surface area contributed by atoms with Gasteiger partial charge in [0.2, 0.25) is 0 Å². The first-order chi connectivity index (χ1) is 11.3. The van der Waals surface area contributed by atoms with Crippen molar-refractivity contribution in [2.24, 2.45) is 5.73 Å². The van der Waals surface area contributed by atoms with Crippen molar-refractivity contribution in [1.29, 1.82) is 0 Å². The van der Waals surface area contributed by atoms with Crippen molar-refractivity contribution < 1.29 is 22.6 Å². The zero-order valence-electron chi connectivity index (χ0n) is 12.6. The van der Waals surface area contributed by atoms with E-state index in [1.165, 1.54) is 12.1 Å². The number of morpholine rings is 1. The maximum absolute atomic E-state index is 12.4. The molecule has 0 amide bonds. The van der Waals surface area contributed by atoms with Gasteiger partial charge in [-0.1, -0.05) is 0 Å². The monoisotopic (exact) mass is 359 g/mol. The van der Waals surface area contributed by atoms with E-state index < -0.39 is 6.36 Å². The molecule has 130 valence electrons. The Balaban J connectivity index is 1.86. The molecule has 0 spiro atoms. The van der Waals surface area contributed by atoms with Gasteiger partial charge in [-0.05, 0) is 42.4 Å². The Bertz CT molecular complexity index is 747. The molecular weight excluding hydrogens is 343 g/mol. The lowest BCUT2D eigenvalue weighted by atomic mass is 10.0. The summed E-state index contributed by atoms with van der Waals surface area (Å²) >= 11 is 5.06. The van der Waals surface area contributed by atoms with E-state index in [0.29, 0.717) is 36.7 Å². The van der Waals surface area contributed by atoms with Crippen LogP contribution >= 0.6 is 12.2 Å². The van der Waals surface area contributed by atoms with Crippen LogP contribution < -0.4 is 10.5 Å². The number of thiocarbonyl (C=S) groups is 1. The van der Waals surface area contributed by atoms with Crippen molar-refractivity contribution >= 4 is 28.2 Å². The fourth-order valence-electron chi connectivity index (χ4n) is 2.89. The van der Waals surface area contributed by atoms with Crippen LogP contribution in [0.25, 0.3) is 10.9 Å². The number of hydrogen-bond acceptors (Lipinski definition) is 3. The molecule has 0 bridgehead atoms. The summed E-state index contributed by atoms with van der Waals surface area (Å²) in [7, 11) is 0. The smallest absolute Gasteiger partial charge is 0.406 e. The third kappa shape index (κ3) is 3.73. The van der Waals surface area contributed by atoms with E-state index in [9.17, 15) is 13.2 Å². The number of hydrogen-bond donors (Lipinski definition) is 2. The van der Waals surface area contributed by atoms with E-state index in [-0.39, 0.29) is 11.8 Å². The third-order valence-corrected chi connectivity index (χ3v) is 4.17. The number of nitrogens with two attached hydrogens (primary N) is 1. The molecule has 1 aliphatic rings. The van der Waals surface area contributed by atoms with E-state index in [2.05, 4.69) is 9.72 Å². The molecule has 5 nitrogen and oxygen atoms in total. The topological polar surface area (TPSA) is 63.5 Å². The van der Waals surface area contributed by atoms with E-state index in [4.69, 9.17) is 22.7 Å². The Morgan fingerprint density at radius 3 is 2.96 bits per heavy atom. The van der Waals surface area contributed by atoms with Crippen molar-refractivity contribution in [3.8, 4) is 5.75 Å². The first kappa shape index (κ1) is 16.8. The molecule has 1 saturated heterocycles. The summed E-state index contributed by atoms with van der Waals surface area (Å²) in [6.07, 6.45) is -2.40. The summed E-state index contributed by atoms with van der Waals surface area (Å²) < 4.78 is 46.7. The first-order valence-corrected chi connectivity index (χ1v) is 7.74. The lowest BCUT2D eigenvalue weighted by molar-refractivity contribution is -0.274. The van der Waals surface area contributed by atoms with Crippen molar-refractivity contribution in [2.75, 3.05) is 19.8 Å². The number of nitrogens with one attached hydrogen (secondary N) is 1. The Labute approximate surface area is 141 Å². The van der Waals surface area contributed by atoms with Gasteiger partial charge in [0.15, 0.2) is 5.11 Å². The van der Waals surface area contributed by atoms with Gasteiger partial charge >= 0.3 is 6.36 Å². The fourth-order valence-corrected chi connectivity index (χ4v) is 3.13.